The lowest BCUT2D eigenvalue weighted by atomic mass is 10.00. The van der Waals surface area contributed by atoms with Gasteiger partial charge < -0.3 is 10.6 Å². The average Bonchev–Trinajstić information content (AvgIpc) is 2.49. The molecule has 1 unspecified atom stereocenters. The number of pyridine rings is 1. The normalized spacial score (nSPS) is 18.4. The van der Waals surface area contributed by atoms with Crippen LogP contribution in [-0.4, -0.2) is 48.5 Å². The van der Waals surface area contributed by atoms with Gasteiger partial charge in [-0.2, -0.15) is 0 Å². The van der Waals surface area contributed by atoms with Crippen molar-refractivity contribution in [2.45, 2.75) is 38.8 Å². The van der Waals surface area contributed by atoms with Gasteiger partial charge in [0.1, 0.15) is 0 Å². The lowest BCUT2D eigenvalue weighted by Crippen LogP contribution is -2.46. The molecule has 1 aliphatic heterocycles. The van der Waals surface area contributed by atoms with Gasteiger partial charge in [-0.25, -0.2) is 0 Å². The predicted octanol–water partition coefficient (Wildman–Crippen LogP) is 1.25. The molecule has 0 saturated carbocycles. The number of carbonyl (C=O) groups is 1. The quantitative estimate of drug-likeness (QED) is 0.857. The van der Waals surface area contributed by atoms with E-state index in [9.17, 15) is 4.79 Å². The monoisotopic (exact) mass is 290 g/mol. The molecule has 116 valence electrons. The zero-order valence-corrected chi connectivity index (χ0v) is 13.2. The molecule has 1 amide bonds. The number of hydrogen-bond donors (Lipinski definition) is 2. The van der Waals surface area contributed by atoms with Crippen molar-refractivity contribution in [1.82, 2.24) is 20.5 Å². The summed E-state index contributed by atoms with van der Waals surface area (Å²) < 4.78 is 0. The number of nitrogens with zero attached hydrogens (tertiary/aromatic N) is 2. The Morgan fingerprint density at radius 2 is 2.19 bits per heavy atom. The van der Waals surface area contributed by atoms with Crippen LogP contribution < -0.4 is 10.6 Å². The second-order valence-corrected chi connectivity index (χ2v) is 5.84. The van der Waals surface area contributed by atoms with Gasteiger partial charge in [0.25, 0.3) is 0 Å². The molecule has 1 atom stereocenters. The highest BCUT2D eigenvalue weighted by molar-refractivity contribution is 5.77. The van der Waals surface area contributed by atoms with Crippen molar-refractivity contribution in [3.05, 3.63) is 29.6 Å². The minimum absolute atomic E-state index is 0.0992. The molecule has 0 bridgehead atoms. The number of likely N-dealkylation sites (tertiary alicyclic amines) is 1. The molecule has 21 heavy (non-hydrogen) atoms. The van der Waals surface area contributed by atoms with Gasteiger partial charge in [-0.15, -0.1) is 0 Å². The van der Waals surface area contributed by atoms with Crippen LogP contribution in [0.5, 0.6) is 0 Å². The second-order valence-electron chi connectivity index (χ2n) is 5.84. The van der Waals surface area contributed by atoms with Crippen molar-refractivity contribution in [3.63, 3.8) is 0 Å². The first-order valence-corrected chi connectivity index (χ1v) is 7.69. The number of rotatable bonds is 5. The first kappa shape index (κ1) is 15.9. The Kier molecular flexibility index (Phi) is 5.70. The fourth-order valence-electron chi connectivity index (χ4n) is 2.95. The second kappa shape index (κ2) is 7.52. The maximum atomic E-state index is 11.4. The van der Waals surface area contributed by atoms with Crippen LogP contribution in [0.2, 0.25) is 0 Å². The summed E-state index contributed by atoms with van der Waals surface area (Å²) in [6, 6.07) is 2.95. The van der Waals surface area contributed by atoms with E-state index in [-0.39, 0.29) is 5.91 Å². The molecule has 0 spiro atoms. The molecule has 0 aromatic carbocycles. The van der Waals surface area contributed by atoms with Crippen LogP contribution in [0.15, 0.2) is 18.5 Å². The van der Waals surface area contributed by atoms with E-state index < -0.39 is 0 Å². The summed E-state index contributed by atoms with van der Waals surface area (Å²) >= 11 is 0. The van der Waals surface area contributed by atoms with Crippen molar-refractivity contribution >= 4 is 5.91 Å². The molecule has 0 aliphatic carbocycles. The number of aryl methyl sites for hydroxylation is 1. The molecule has 2 heterocycles. The van der Waals surface area contributed by atoms with Crippen LogP contribution >= 0.6 is 0 Å². The van der Waals surface area contributed by atoms with Crippen molar-refractivity contribution in [1.29, 1.82) is 0 Å². The SMILES string of the molecule is CNC(=O)CN1CCC(NC(C)c2ccncc2C)CC1. The highest BCUT2D eigenvalue weighted by atomic mass is 16.1. The number of nitrogens with one attached hydrogen (secondary N) is 2. The van der Waals surface area contributed by atoms with Crippen LogP contribution in [0.4, 0.5) is 0 Å². The van der Waals surface area contributed by atoms with Crippen LogP contribution in [0, 0.1) is 6.92 Å². The number of aromatic nitrogens is 1. The summed E-state index contributed by atoms with van der Waals surface area (Å²) in [6.07, 6.45) is 5.95. The molecule has 1 aromatic rings. The summed E-state index contributed by atoms with van der Waals surface area (Å²) in [7, 11) is 1.69. The van der Waals surface area contributed by atoms with E-state index in [4.69, 9.17) is 0 Å². The number of hydrogen-bond acceptors (Lipinski definition) is 4. The Hall–Kier alpha value is -1.46. The molecule has 2 N–H and O–H groups in total. The van der Waals surface area contributed by atoms with Gasteiger partial charge in [0.15, 0.2) is 0 Å². The van der Waals surface area contributed by atoms with Crippen LogP contribution in [-0.2, 0) is 4.79 Å². The largest absolute Gasteiger partial charge is 0.358 e. The topological polar surface area (TPSA) is 57.3 Å². The third-order valence-corrected chi connectivity index (χ3v) is 4.25. The summed E-state index contributed by atoms with van der Waals surface area (Å²) in [5.74, 6) is 0.0992. The van der Waals surface area contributed by atoms with Crippen LogP contribution in [0.1, 0.15) is 36.9 Å². The van der Waals surface area contributed by atoms with Crippen LogP contribution in [0.3, 0.4) is 0 Å². The van der Waals surface area contributed by atoms with Gasteiger partial charge in [-0.1, -0.05) is 0 Å². The minimum Gasteiger partial charge on any atom is -0.358 e. The zero-order valence-electron chi connectivity index (χ0n) is 13.2. The standard InChI is InChI=1S/C16H26N4O/c1-12-10-18-7-4-15(12)13(2)19-14-5-8-20(9-6-14)11-16(21)17-3/h4,7,10,13-14,19H,5-6,8-9,11H2,1-3H3,(H,17,21). The Bertz CT molecular complexity index is 469. The van der Waals surface area contributed by atoms with Crippen molar-refractivity contribution in [2.24, 2.45) is 0 Å². The lowest BCUT2D eigenvalue weighted by molar-refractivity contribution is -0.122. The van der Waals surface area contributed by atoms with E-state index in [0.717, 1.165) is 25.9 Å². The van der Waals surface area contributed by atoms with Crippen LogP contribution in [0.25, 0.3) is 0 Å². The zero-order chi connectivity index (χ0) is 15.2. The third-order valence-electron chi connectivity index (χ3n) is 4.25. The van der Waals surface area contributed by atoms with Crippen molar-refractivity contribution in [2.75, 3.05) is 26.7 Å². The molecule has 0 radical (unpaired) electrons. The highest BCUT2D eigenvalue weighted by Gasteiger charge is 2.22. The van der Waals surface area contributed by atoms with E-state index in [1.807, 2.05) is 12.4 Å². The van der Waals surface area contributed by atoms with Gasteiger partial charge in [0.05, 0.1) is 6.54 Å². The molecule has 1 fully saturated rings. The van der Waals surface area contributed by atoms with E-state index >= 15 is 0 Å². The van der Waals surface area contributed by atoms with Gasteiger partial charge in [0, 0.05) is 44.6 Å². The van der Waals surface area contributed by atoms with E-state index in [1.54, 1.807) is 7.05 Å². The fourth-order valence-corrected chi connectivity index (χ4v) is 2.95. The number of piperidine rings is 1. The van der Waals surface area contributed by atoms with E-state index in [2.05, 4.69) is 40.4 Å². The van der Waals surface area contributed by atoms with E-state index in [0.29, 0.717) is 18.6 Å². The van der Waals surface area contributed by atoms with E-state index in [1.165, 1.54) is 11.1 Å². The molecule has 1 aliphatic rings. The Morgan fingerprint density at radius 3 is 2.81 bits per heavy atom. The Balaban J connectivity index is 1.81. The highest BCUT2D eigenvalue weighted by Crippen LogP contribution is 2.19. The van der Waals surface area contributed by atoms with Gasteiger partial charge in [0.2, 0.25) is 5.91 Å². The molecule has 1 aromatic heterocycles. The molecule has 5 nitrogen and oxygen atoms in total. The number of amides is 1. The lowest BCUT2D eigenvalue weighted by Gasteiger charge is -2.33. The summed E-state index contributed by atoms with van der Waals surface area (Å²) in [6.45, 7) is 6.79. The molecule has 5 heteroatoms. The minimum atomic E-state index is 0.0992. The number of likely N-dealkylation sites (N-methyl/N-ethyl adjacent to an activating group) is 1. The Morgan fingerprint density at radius 1 is 1.48 bits per heavy atom. The van der Waals surface area contributed by atoms with Gasteiger partial charge in [-0.3, -0.25) is 14.7 Å². The smallest absolute Gasteiger partial charge is 0.233 e. The summed E-state index contributed by atoms with van der Waals surface area (Å²) in [5, 5.41) is 6.39. The molecule has 1 saturated heterocycles. The maximum Gasteiger partial charge on any atom is 0.233 e. The summed E-state index contributed by atoms with van der Waals surface area (Å²) in [4.78, 5) is 17.8. The number of carbonyl (C=O) groups excluding carboxylic acids is 1. The molecular weight excluding hydrogens is 264 g/mol. The van der Waals surface area contributed by atoms with Gasteiger partial charge in [-0.05, 0) is 43.9 Å². The average molecular weight is 290 g/mol. The van der Waals surface area contributed by atoms with Crippen molar-refractivity contribution in [3.8, 4) is 0 Å². The Labute approximate surface area is 127 Å². The first-order valence-electron chi connectivity index (χ1n) is 7.69. The summed E-state index contributed by atoms with van der Waals surface area (Å²) in [5.41, 5.74) is 2.55. The molecule has 2 rings (SSSR count). The van der Waals surface area contributed by atoms with Crippen molar-refractivity contribution < 1.29 is 4.79 Å². The molecular formula is C16H26N4O. The van der Waals surface area contributed by atoms with Gasteiger partial charge >= 0.3 is 0 Å². The third kappa shape index (κ3) is 4.51. The maximum absolute atomic E-state index is 11.4. The predicted molar refractivity (Wildman–Crippen MR) is 84.1 cm³/mol. The first-order chi connectivity index (χ1) is 10.1. The fraction of sp³-hybridized carbons (Fsp3) is 0.625.